The molecule has 0 aliphatic heterocycles. The average molecular weight is 336 g/mol. The summed E-state index contributed by atoms with van der Waals surface area (Å²) in [7, 11) is 0. The van der Waals surface area contributed by atoms with Crippen molar-refractivity contribution in [2.45, 2.75) is 6.61 Å². The maximum absolute atomic E-state index is 5.69. The monoisotopic (exact) mass is 336 g/mol. The van der Waals surface area contributed by atoms with Gasteiger partial charge in [0.05, 0.1) is 0 Å². The lowest BCUT2D eigenvalue weighted by Gasteiger charge is -2.06. The number of benzene rings is 2. The van der Waals surface area contributed by atoms with Crippen molar-refractivity contribution in [1.82, 2.24) is 0 Å². The van der Waals surface area contributed by atoms with Gasteiger partial charge >= 0.3 is 0 Å². The molecule has 0 atom stereocenters. The summed E-state index contributed by atoms with van der Waals surface area (Å²) < 4.78 is 6.90. The van der Waals surface area contributed by atoms with E-state index in [9.17, 15) is 0 Å². The van der Waals surface area contributed by atoms with E-state index in [-0.39, 0.29) is 0 Å². The van der Waals surface area contributed by atoms with Crippen LogP contribution in [0.4, 0.5) is 0 Å². The largest absolute Gasteiger partial charge is 0.489 e. The highest BCUT2D eigenvalue weighted by molar-refractivity contribution is 14.1. The average Bonchev–Trinajstić information content (AvgIpc) is 2.39. The predicted molar refractivity (Wildman–Crippen MR) is 80.0 cm³/mol. The zero-order chi connectivity index (χ0) is 12.1. The Morgan fingerprint density at radius 3 is 2.24 bits per heavy atom. The summed E-state index contributed by atoms with van der Waals surface area (Å²) in [5.74, 6) is 0.901. The molecule has 17 heavy (non-hydrogen) atoms. The van der Waals surface area contributed by atoms with E-state index in [1.54, 1.807) is 0 Å². The first kappa shape index (κ1) is 12.2. The van der Waals surface area contributed by atoms with Gasteiger partial charge in [-0.15, -0.1) is 0 Å². The van der Waals surface area contributed by atoms with Crippen molar-refractivity contribution in [3.05, 3.63) is 69.8 Å². The molecule has 1 nitrogen and oxygen atoms in total. The van der Waals surface area contributed by atoms with Gasteiger partial charge in [-0.3, -0.25) is 0 Å². The molecule has 0 radical (unpaired) electrons. The molecule has 0 saturated heterocycles. The number of halogens is 1. The first-order valence-corrected chi connectivity index (χ1v) is 6.45. The summed E-state index contributed by atoms with van der Waals surface area (Å²) in [5.41, 5.74) is 2.29. The molecule has 0 aromatic heterocycles. The van der Waals surface area contributed by atoms with E-state index in [4.69, 9.17) is 4.74 Å². The van der Waals surface area contributed by atoms with Crippen LogP contribution in [-0.2, 0) is 6.61 Å². The predicted octanol–water partition coefficient (Wildman–Crippen LogP) is 4.51. The van der Waals surface area contributed by atoms with Crippen molar-refractivity contribution < 1.29 is 4.74 Å². The van der Waals surface area contributed by atoms with Gasteiger partial charge in [0.2, 0.25) is 0 Å². The third kappa shape index (κ3) is 3.60. The number of hydrogen-bond acceptors (Lipinski definition) is 1. The van der Waals surface area contributed by atoms with Crippen LogP contribution in [0.2, 0.25) is 0 Å². The Morgan fingerprint density at radius 1 is 1.00 bits per heavy atom. The van der Waals surface area contributed by atoms with Crippen LogP contribution in [0.25, 0.3) is 6.08 Å². The minimum Gasteiger partial charge on any atom is -0.489 e. The van der Waals surface area contributed by atoms with Gasteiger partial charge in [0.25, 0.3) is 0 Å². The molecule has 0 bridgehead atoms. The first-order valence-electron chi connectivity index (χ1n) is 5.37. The molecule has 86 valence electrons. The van der Waals surface area contributed by atoms with E-state index >= 15 is 0 Å². The smallest absolute Gasteiger partial charge is 0.119 e. The van der Waals surface area contributed by atoms with Crippen LogP contribution in [0, 0.1) is 3.57 Å². The molecule has 0 heterocycles. The van der Waals surface area contributed by atoms with Gasteiger partial charge < -0.3 is 4.74 Å². The quantitative estimate of drug-likeness (QED) is 0.747. The molecule has 0 saturated carbocycles. The summed E-state index contributed by atoms with van der Waals surface area (Å²) in [6, 6.07) is 16.2. The van der Waals surface area contributed by atoms with Gasteiger partial charge in [0, 0.05) is 3.57 Å². The van der Waals surface area contributed by atoms with Crippen molar-refractivity contribution in [1.29, 1.82) is 0 Å². The Labute approximate surface area is 115 Å². The number of ether oxygens (including phenoxy) is 1. The van der Waals surface area contributed by atoms with Gasteiger partial charge in [-0.1, -0.05) is 36.9 Å². The lowest BCUT2D eigenvalue weighted by Crippen LogP contribution is -1.95. The topological polar surface area (TPSA) is 9.23 Å². The molecule has 2 aromatic rings. The van der Waals surface area contributed by atoms with Crippen LogP contribution in [-0.4, -0.2) is 0 Å². The fourth-order valence-corrected chi connectivity index (χ4v) is 1.81. The Balaban J connectivity index is 1.97. The molecule has 0 fully saturated rings. The third-order valence-electron chi connectivity index (χ3n) is 2.43. The van der Waals surface area contributed by atoms with Gasteiger partial charge in [-0.25, -0.2) is 0 Å². The zero-order valence-electron chi connectivity index (χ0n) is 9.40. The zero-order valence-corrected chi connectivity index (χ0v) is 11.6. The highest BCUT2D eigenvalue weighted by atomic mass is 127. The minimum absolute atomic E-state index is 0.595. The van der Waals surface area contributed by atoms with Crippen LogP contribution in [0.15, 0.2) is 55.1 Å². The van der Waals surface area contributed by atoms with Crippen LogP contribution in [0.1, 0.15) is 11.1 Å². The van der Waals surface area contributed by atoms with Gasteiger partial charge in [0.1, 0.15) is 12.4 Å². The number of hydrogen-bond donors (Lipinski definition) is 0. The summed E-state index contributed by atoms with van der Waals surface area (Å²) in [6.45, 7) is 4.33. The van der Waals surface area contributed by atoms with Crippen molar-refractivity contribution >= 4 is 28.7 Å². The van der Waals surface area contributed by atoms with E-state index in [0.717, 1.165) is 16.9 Å². The Hall–Kier alpha value is -1.29. The first-order chi connectivity index (χ1) is 8.28. The Kier molecular flexibility index (Phi) is 4.20. The number of rotatable bonds is 4. The SMILES string of the molecule is C=Cc1ccc(COc2ccc(I)cc2)cc1. The summed E-state index contributed by atoms with van der Waals surface area (Å²) in [5, 5.41) is 0. The van der Waals surface area contributed by atoms with Crippen LogP contribution >= 0.6 is 22.6 Å². The van der Waals surface area contributed by atoms with Crippen LogP contribution < -0.4 is 4.74 Å². The van der Waals surface area contributed by atoms with Gasteiger partial charge in [-0.05, 0) is 58.0 Å². The van der Waals surface area contributed by atoms with E-state index in [1.165, 1.54) is 3.57 Å². The summed E-state index contributed by atoms with van der Waals surface area (Å²) in [6.07, 6.45) is 1.84. The maximum Gasteiger partial charge on any atom is 0.119 e. The standard InChI is InChI=1S/C15H13IO/c1-2-12-3-5-13(6-4-12)11-17-15-9-7-14(16)8-10-15/h2-10H,1,11H2. The van der Waals surface area contributed by atoms with E-state index < -0.39 is 0 Å². The van der Waals surface area contributed by atoms with Gasteiger partial charge in [-0.2, -0.15) is 0 Å². The van der Waals surface area contributed by atoms with E-state index in [1.807, 2.05) is 42.5 Å². The highest BCUT2D eigenvalue weighted by Gasteiger charge is 1.96. The lowest BCUT2D eigenvalue weighted by atomic mass is 10.1. The van der Waals surface area contributed by atoms with E-state index in [0.29, 0.717) is 6.61 Å². The second kappa shape index (κ2) is 5.87. The van der Waals surface area contributed by atoms with Crippen LogP contribution in [0.3, 0.4) is 0 Å². The van der Waals surface area contributed by atoms with Crippen molar-refractivity contribution in [3.8, 4) is 5.75 Å². The fraction of sp³-hybridized carbons (Fsp3) is 0.0667. The maximum atomic E-state index is 5.69. The molecule has 2 rings (SSSR count). The second-order valence-corrected chi connectivity index (χ2v) is 4.93. The van der Waals surface area contributed by atoms with Crippen molar-refractivity contribution in [2.24, 2.45) is 0 Å². The van der Waals surface area contributed by atoms with E-state index in [2.05, 4.69) is 41.3 Å². The third-order valence-corrected chi connectivity index (χ3v) is 3.15. The summed E-state index contributed by atoms with van der Waals surface area (Å²) >= 11 is 2.28. The second-order valence-electron chi connectivity index (χ2n) is 3.69. The molecule has 0 spiro atoms. The Morgan fingerprint density at radius 2 is 1.65 bits per heavy atom. The molecule has 0 unspecified atom stereocenters. The van der Waals surface area contributed by atoms with Crippen LogP contribution in [0.5, 0.6) is 5.75 Å². The fourth-order valence-electron chi connectivity index (χ4n) is 1.45. The van der Waals surface area contributed by atoms with Crippen molar-refractivity contribution in [3.63, 3.8) is 0 Å². The van der Waals surface area contributed by atoms with Gasteiger partial charge in [0.15, 0.2) is 0 Å². The Bertz CT molecular complexity index is 485. The summed E-state index contributed by atoms with van der Waals surface area (Å²) in [4.78, 5) is 0. The highest BCUT2D eigenvalue weighted by Crippen LogP contribution is 2.15. The lowest BCUT2D eigenvalue weighted by molar-refractivity contribution is 0.306. The normalized spacial score (nSPS) is 9.94. The van der Waals surface area contributed by atoms with Crippen molar-refractivity contribution in [2.75, 3.05) is 0 Å². The molecule has 0 aliphatic rings. The molecule has 0 amide bonds. The molecule has 0 aliphatic carbocycles. The molecule has 2 aromatic carbocycles. The molecule has 2 heteroatoms. The minimum atomic E-state index is 0.595. The molecular formula is C15H13IO. The molecular weight excluding hydrogens is 323 g/mol. The molecule has 0 N–H and O–H groups in total.